The zero-order chi connectivity index (χ0) is 30.1. The molecule has 8 nitrogen and oxygen atoms in total. The quantitative estimate of drug-likeness (QED) is 0.143. The minimum Gasteiger partial charge on any atom is -0.366 e. The molecule has 0 spiro atoms. The van der Waals surface area contributed by atoms with Crippen molar-refractivity contribution < 1.29 is 18.8 Å². The van der Waals surface area contributed by atoms with Crippen LogP contribution < -0.4 is 21.7 Å². The molecule has 4 amide bonds. The Hall–Kier alpha value is -5.96. The van der Waals surface area contributed by atoms with Gasteiger partial charge < -0.3 is 26.7 Å². The number of H-pyrrole nitrogens is 1. The maximum absolute atomic E-state index is 13.3. The molecule has 0 fully saturated rings. The number of halogens is 1. The van der Waals surface area contributed by atoms with Gasteiger partial charge in [-0.25, -0.2) is 9.18 Å². The van der Waals surface area contributed by atoms with E-state index in [1.165, 1.54) is 24.3 Å². The second-order valence-corrected chi connectivity index (χ2v) is 10.0. The number of carbonyl (C=O) groups is 3. The predicted octanol–water partition coefficient (Wildman–Crippen LogP) is 7.43. The summed E-state index contributed by atoms with van der Waals surface area (Å²) in [5.41, 5.74) is 11.9. The maximum atomic E-state index is 13.3. The highest BCUT2D eigenvalue weighted by molar-refractivity contribution is 6.20. The number of aromatic amines is 1. The van der Waals surface area contributed by atoms with Crippen LogP contribution in [0.5, 0.6) is 0 Å². The van der Waals surface area contributed by atoms with E-state index in [1.807, 2.05) is 49.4 Å². The number of anilines is 3. The molecule has 6 N–H and O–H groups in total. The number of primary amides is 1. The third-order valence-electron chi connectivity index (χ3n) is 7.29. The van der Waals surface area contributed by atoms with E-state index in [4.69, 9.17) is 5.73 Å². The number of fused-ring (bicyclic) bond motifs is 3. The van der Waals surface area contributed by atoms with Crippen molar-refractivity contribution in [2.45, 2.75) is 6.92 Å². The van der Waals surface area contributed by atoms with Crippen LogP contribution in [0.3, 0.4) is 0 Å². The first-order chi connectivity index (χ1) is 20.8. The molecule has 5 aromatic carbocycles. The number of hydrogen-bond acceptors (Lipinski definition) is 3. The lowest BCUT2D eigenvalue weighted by Gasteiger charge is -2.15. The molecular weight excluding hydrogens is 545 g/mol. The highest BCUT2D eigenvalue weighted by Gasteiger charge is 2.19. The lowest BCUT2D eigenvalue weighted by Crippen LogP contribution is -2.19. The fourth-order valence-electron chi connectivity index (χ4n) is 5.19. The van der Waals surface area contributed by atoms with E-state index in [1.54, 1.807) is 36.4 Å². The Morgan fingerprint density at radius 3 is 2.23 bits per heavy atom. The molecule has 43 heavy (non-hydrogen) atoms. The van der Waals surface area contributed by atoms with Crippen LogP contribution in [0.4, 0.5) is 26.2 Å². The van der Waals surface area contributed by atoms with Crippen molar-refractivity contribution in [1.82, 2.24) is 4.98 Å². The fourth-order valence-corrected chi connectivity index (χ4v) is 5.19. The van der Waals surface area contributed by atoms with E-state index in [0.717, 1.165) is 27.5 Å². The Bertz CT molecular complexity index is 2040. The average molecular weight is 572 g/mol. The summed E-state index contributed by atoms with van der Waals surface area (Å²) in [6.07, 6.45) is 0. The van der Waals surface area contributed by atoms with Crippen molar-refractivity contribution in [3.8, 4) is 11.1 Å². The van der Waals surface area contributed by atoms with Crippen molar-refractivity contribution in [3.05, 3.63) is 126 Å². The van der Waals surface area contributed by atoms with Gasteiger partial charge in [0.2, 0.25) is 0 Å². The molecule has 0 saturated heterocycles. The zero-order valence-corrected chi connectivity index (χ0v) is 23.0. The number of carbonyl (C=O) groups excluding carboxylic acids is 3. The number of nitrogens with two attached hydrogens (primary N) is 1. The van der Waals surface area contributed by atoms with Gasteiger partial charge in [0.25, 0.3) is 11.8 Å². The van der Waals surface area contributed by atoms with Crippen LogP contribution in [0.1, 0.15) is 26.3 Å². The lowest BCUT2D eigenvalue weighted by molar-refractivity contribution is 0.0998. The smallest absolute Gasteiger partial charge is 0.323 e. The Kier molecular flexibility index (Phi) is 7.05. The van der Waals surface area contributed by atoms with Gasteiger partial charge in [-0.1, -0.05) is 42.5 Å². The molecule has 6 rings (SSSR count). The highest BCUT2D eigenvalue weighted by Crippen LogP contribution is 2.39. The summed E-state index contributed by atoms with van der Waals surface area (Å²) < 4.78 is 13.3. The first-order valence-corrected chi connectivity index (χ1v) is 13.5. The van der Waals surface area contributed by atoms with Gasteiger partial charge in [-0.05, 0) is 84.3 Å². The van der Waals surface area contributed by atoms with Gasteiger partial charge in [0.1, 0.15) is 5.82 Å². The van der Waals surface area contributed by atoms with Crippen molar-refractivity contribution in [3.63, 3.8) is 0 Å². The largest absolute Gasteiger partial charge is 0.366 e. The summed E-state index contributed by atoms with van der Waals surface area (Å²) in [6.45, 7) is 1.89. The summed E-state index contributed by atoms with van der Waals surface area (Å²) in [6, 6.07) is 28.6. The number of urea groups is 1. The zero-order valence-electron chi connectivity index (χ0n) is 23.0. The monoisotopic (exact) mass is 571 g/mol. The molecule has 0 atom stereocenters. The van der Waals surface area contributed by atoms with E-state index in [-0.39, 0.29) is 5.91 Å². The Morgan fingerprint density at radius 1 is 0.744 bits per heavy atom. The molecule has 0 aliphatic heterocycles. The van der Waals surface area contributed by atoms with Gasteiger partial charge in [-0.3, -0.25) is 9.59 Å². The molecule has 0 aliphatic carbocycles. The summed E-state index contributed by atoms with van der Waals surface area (Å²) in [7, 11) is 0. The van der Waals surface area contributed by atoms with Gasteiger partial charge in [0.15, 0.2) is 0 Å². The van der Waals surface area contributed by atoms with E-state index >= 15 is 0 Å². The first kappa shape index (κ1) is 27.2. The van der Waals surface area contributed by atoms with E-state index in [2.05, 4.69) is 20.9 Å². The first-order valence-electron chi connectivity index (χ1n) is 13.5. The minimum atomic E-state index is -0.583. The van der Waals surface area contributed by atoms with Gasteiger partial charge in [0.05, 0.1) is 11.1 Å². The van der Waals surface area contributed by atoms with Crippen LogP contribution in [0.15, 0.2) is 103 Å². The van der Waals surface area contributed by atoms with Crippen LogP contribution >= 0.6 is 0 Å². The Labute approximate surface area is 245 Å². The average Bonchev–Trinajstić information content (AvgIpc) is 3.37. The molecule has 6 aromatic rings. The van der Waals surface area contributed by atoms with Crippen molar-refractivity contribution in [1.29, 1.82) is 0 Å². The normalized spacial score (nSPS) is 10.9. The van der Waals surface area contributed by atoms with Crippen molar-refractivity contribution >= 4 is 56.7 Å². The van der Waals surface area contributed by atoms with Crippen LogP contribution in [0.2, 0.25) is 0 Å². The highest BCUT2D eigenvalue weighted by atomic mass is 19.1. The summed E-state index contributed by atoms with van der Waals surface area (Å²) in [5.74, 6) is -1.37. The Morgan fingerprint density at radius 2 is 1.49 bits per heavy atom. The molecule has 212 valence electrons. The van der Waals surface area contributed by atoms with E-state index < -0.39 is 17.8 Å². The Balaban J connectivity index is 1.39. The molecule has 9 heteroatoms. The summed E-state index contributed by atoms with van der Waals surface area (Å²) in [4.78, 5) is 41.2. The number of para-hydroxylation sites is 1. The lowest BCUT2D eigenvalue weighted by atomic mass is 9.93. The summed E-state index contributed by atoms with van der Waals surface area (Å²) >= 11 is 0. The van der Waals surface area contributed by atoms with Crippen molar-refractivity contribution in [2.75, 3.05) is 16.0 Å². The molecule has 0 radical (unpaired) electrons. The van der Waals surface area contributed by atoms with Crippen LogP contribution in [0, 0.1) is 12.7 Å². The molecule has 0 unspecified atom stereocenters. The third-order valence-corrected chi connectivity index (χ3v) is 7.29. The second-order valence-electron chi connectivity index (χ2n) is 10.0. The number of benzene rings is 5. The summed E-state index contributed by atoms with van der Waals surface area (Å²) in [5, 5.41) is 10.1. The van der Waals surface area contributed by atoms with Crippen molar-refractivity contribution in [2.24, 2.45) is 5.73 Å². The fraction of sp³-hybridized carbons (Fsp3) is 0.0294. The van der Waals surface area contributed by atoms with E-state index in [9.17, 15) is 18.8 Å². The van der Waals surface area contributed by atoms with Gasteiger partial charge in [-0.2, -0.15) is 0 Å². The van der Waals surface area contributed by atoms with Crippen LogP contribution in [0.25, 0.3) is 32.9 Å². The van der Waals surface area contributed by atoms with Gasteiger partial charge in [0, 0.05) is 38.9 Å². The van der Waals surface area contributed by atoms with Gasteiger partial charge in [-0.15, -0.1) is 0 Å². The van der Waals surface area contributed by atoms with E-state index in [0.29, 0.717) is 39.2 Å². The second kappa shape index (κ2) is 11.1. The number of hydrogen-bond donors (Lipinski definition) is 5. The van der Waals surface area contributed by atoms with Crippen LogP contribution in [-0.2, 0) is 0 Å². The molecule has 1 heterocycles. The number of amides is 4. The standard InChI is InChI=1S/C34H26FN5O3/c1-19-24(8-5-9-28(19)40-33(42)20-10-12-21(35)13-11-20)25-16-17-27(32(36)41)31-30(25)26-15-14-23(18-29(26)39-31)38-34(43)37-22-6-3-2-4-7-22/h2-18,39H,1H3,(H2,36,41)(H,40,42)(H2,37,38,43). The molecule has 1 aromatic heterocycles. The molecule has 0 aliphatic rings. The predicted molar refractivity (Wildman–Crippen MR) is 168 cm³/mol. The van der Waals surface area contributed by atoms with Gasteiger partial charge >= 0.3 is 6.03 Å². The topological polar surface area (TPSA) is 129 Å². The SMILES string of the molecule is Cc1c(NC(=O)c2ccc(F)cc2)cccc1-c1ccc(C(N)=O)c2[nH]c3cc(NC(=O)Nc4ccccc4)ccc3c12. The minimum absolute atomic E-state index is 0.324. The third kappa shape index (κ3) is 5.39. The molecular formula is C34H26FN5O3. The maximum Gasteiger partial charge on any atom is 0.323 e. The van der Waals surface area contributed by atoms with Crippen LogP contribution in [-0.4, -0.2) is 22.8 Å². The number of nitrogens with one attached hydrogen (secondary N) is 4. The molecule has 0 saturated carbocycles. The number of rotatable bonds is 6. The number of aromatic nitrogens is 1. The molecule has 0 bridgehead atoms.